The van der Waals surface area contributed by atoms with Crippen molar-refractivity contribution in [2.75, 3.05) is 13.2 Å². The van der Waals surface area contributed by atoms with Gasteiger partial charge in [0, 0.05) is 12.8 Å². The van der Waals surface area contributed by atoms with Crippen molar-refractivity contribution in [2.24, 2.45) is 0 Å². The van der Waals surface area contributed by atoms with Crippen LogP contribution in [0.3, 0.4) is 0 Å². The number of esters is 1. The quantitative estimate of drug-likeness (QED) is 0.0321. The molecule has 0 aliphatic heterocycles. The van der Waals surface area contributed by atoms with Crippen molar-refractivity contribution < 1.29 is 24.5 Å². The SMILES string of the molecule is CCC/C=C\C/C=C\CCCCCCCC(=O)OCCCCCCCCCCCCCC/C=C\CCCCCCCCCCCCCCCC(=O)NC(CO)C(O)CCCCCCCCCCC. The van der Waals surface area contributed by atoms with E-state index in [1.54, 1.807) is 0 Å². The first-order valence-corrected chi connectivity index (χ1v) is 30.2. The van der Waals surface area contributed by atoms with Crippen LogP contribution in [-0.2, 0) is 14.3 Å². The zero-order valence-corrected chi connectivity index (χ0v) is 45.6. The van der Waals surface area contributed by atoms with Crippen LogP contribution < -0.4 is 5.32 Å². The fourth-order valence-electron chi connectivity index (χ4n) is 9.26. The first kappa shape index (κ1) is 66.1. The van der Waals surface area contributed by atoms with Gasteiger partial charge in [-0.15, -0.1) is 0 Å². The van der Waals surface area contributed by atoms with Crippen LogP contribution in [0.25, 0.3) is 0 Å². The number of hydrogen-bond acceptors (Lipinski definition) is 5. The van der Waals surface area contributed by atoms with E-state index in [-0.39, 0.29) is 18.5 Å². The minimum Gasteiger partial charge on any atom is -0.466 e. The molecule has 0 rings (SSSR count). The predicted octanol–water partition coefficient (Wildman–Crippen LogP) is 18.8. The molecular weight excluding hydrogens is 839 g/mol. The van der Waals surface area contributed by atoms with Gasteiger partial charge in [-0.25, -0.2) is 0 Å². The summed E-state index contributed by atoms with van der Waals surface area (Å²) in [4.78, 5) is 24.4. The number of carbonyl (C=O) groups is 2. The van der Waals surface area contributed by atoms with E-state index in [0.29, 0.717) is 25.9 Å². The Morgan fingerprint density at radius 3 is 1.19 bits per heavy atom. The summed E-state index contributed by atoms with van der Waals surface area (Å²) in [5.41, 5.74) is 0. The number of allylic oxidation sites excluding steroid dienone is 6. The Morgan fingerprint density at radius 2 is 0.765 bits per heavy atom. The van der Waals surface area contributed by atoms with Crippen LogP contribution in [0.4, 0.5) is 0 Å². The Kier molecular flexibility index (Phi) is 56.0. The van der Waals surface area contributed by atoms with Crippen LogP contribution >= 0.6 is 0 Å². The minimum absolute atomic E-state index is 0.000786. The number of hydrogen-bond donors (Lipinski definition) is 3. The largest absolute Gasteiger partial charge is 0.466 e. The van der Waals surface area contributed by atoms with Gasteiger partial charge in [-0.3, -0.25) is 9.59 Å². The summed E-state index contributed by atoms with van der Waals surface area (Å²) in [5.74, 6) is -0.0354. The molecule has 0 saturated carbocycles. The van der Waals surface area contributed by atoms with Gasteiger partial charge in [0.1, 0.15) is 0 Å². The van der Waals surface area contributed by atoms with E-state index in [1.807, 2.05) is 0 Å². The van der Waals surface area contributed by atoms with Crippen molar-refractivity contribution in [1.82, 2.24) is 5.32 Å². The van der Waals surface area contributed by atoms with Gasteiger partial charge < -0.3 is 20.3 Å². The molecule has 0 aliphatic carbocycles. The second-order valence-electron chi connectivity index (χ2n) is 20.7. The van der Waals surface area contributed by atoms with Crippen LogP contribution in [0.15, 0.2) is 36.5 Å². The number of aliphatic hydroxyl groups is 2. The average molecular weight is 957 g/mol. The molecule has 1 amide bonds. The monoisotopic (exact) mass is 956 g/mol. The standard InChI is InChI=1S/C62H117NO5/c1-3-5-7-9-11-13-14-32-36-40-44-48-52-56-62(67)68-57-53-49-45-41-37-34-31-29-27-25-23-21-19-17-15-16-18-20-22-24-26-28-30-33-35-39-43-47-51-55-61(66)63-59(58-64)60(65)54-50-46-42-38-12-10-8-6-4-2/h7,9,13-15,17,59-60,64-65H,3-6,8,10-12,16,18-58H2,1-2H3,(H,63,66)/b9-7-,14-13-,17-15-. The number of carbonyl (C=O) groups excluding carboxylic acids is 2. The molecule has 2 unspecified atom stereocenters. The van der Waals surface area contributed by atoms with Gasteiger partial charge in [0.2, 0.25) is 5.91 Å². The predicted molar refractivity (Wildman–Crippen MR) is 296 cm³/mol. The van der Waals surface area contributed by atoms with Crippen molar-refractivity contribution in [3.8, 4) is 0 Å². The molecule has 0 saturated heterocycles. The number of aliphatic hydroxyl groups excluding tert-OH is 2. The van der Waals surface area contributed by atoms with Crippen LogP contribution in [0.2, 0.25) is 0 Å². The zero-order valence-electron chi connectivity index (χ0n) is 45.6. The van der Waals surface area contributed by atoms with Crippen molar-refractivity contribution in [1.29, 1.82) is 0 Å². The number of unbranched alkanes of at least 4 members (excludes halogenated alkanes) is 39. The van der Waals surface area contributed by atoms with Gasteiger partial charge in [-0.1, -0.05) is 269 Å². The number of rotatable bonds is 56. The van der Waals surface area contributed by atoms with Crippen LogP contribution in [0.1, 0.15) is 322 Å². The molecule has 2 atom stereocenters. The summed E-state index contributed by atoms with van der Waals surface area (Å²) in [6.45, 7) is 4.87. The number of amides is 1. The molecule has 0 bridgehead atoms. The molecule has 3 N–H and O–H groups in total. The second-order valence-corrected chi connectivity index (χ2v) is 20.7. The Balaban J connectivity index is 3.35. The van der Waals surface area contributed by atoms with Crippen LogP contribution in [0, 0.1) is 0 Å². The Hall–Kier alpha value is -1.92. The van der Waals surface area contributed by atoms with E-state index < -0.39 is 12.1 Å². The van der Waals surface area contributed by atoms with E-state index >= 15 is 0 Å². The van der Waals surface area contributed by atoms with Crippen molar-refractivity contribution >= 4 is 11.9 Å². The molecule has 0 radical (unpaired) electrons. The van der Waals surface area contributed by atoms with E-state index in [2.05, 4.69) is 55.6 Å². The number of ether oxygens (including phenoxy) is 1. The molecule has 68 heavy (non-hydrogen) atoms. The summed E-state index contributed by atoms with van der Waals surface area (Å²) >= 11 is 0. The maximum absolute atomic E-state index is 12.4. The topological polar surface area (TPSA) is 95.9 Å². The van der Waals surface area contributed by atoms with Gasteiger partial charge >= 0.3 is 5.97 Å². The van der Waals surface area contributed by atoms with Gasteiger partial charge in [0.15, 0.2) is 0 Å². The Labute approximate surface area is 424 Å². The lowest BCUT2D eigenvalue weighted by Gasteiger charge is -2.22. The third kappa shape index (κ3) is 53.4. The zero-order chi connectivity index (χ0) is 49.3. The van der Waals surface area contributed by atoms with Crippen LogP contribution in [0.5, 0.6) is 0 Å². The third-order valence-electron chi connectivity index (χ3n) is 13.9. The highest BCUT2D eigenvalue weighted by Crippen LogP contribution is 2.17. The van der Waals surface area contributed by atoms with Crippen molar-refractivity contribution in [3.63, 3.8) is 0 Å². The van der Waals surface area contributed by atoms with Crippen LogP contribution in [-0.4, -0.2) is 47.4 Å². The highest BCUT2D eigenvalue weighted by Gasteiger charge is 2.20. The maximum Gasteiger partial charge on any atom is 0.305 e. The third-order valence-corrected chi connectivity index (χ3v) is 13.9. The maximum atomic E-state index is 12.4. The number of nitrogens with one attached hydrogen (secondary N) is 1. The highest BCUT2D eigenvalue weighted by atomic mass is 16.5. The fraction of sp³-hybridized carbons (Fsp3) is 0.871. The summed E-state index contributed by atoms with van der Waals surface area (Å²) in [6.07, 6.45) is 71.7. The lowest BCUT2D eigenvalue weighted by atomic mass is 10.0. The molecule has 0 aromatic heterocycles. The molecule has 0 aliphatic rings. The summed E-state index contributed by atoms with van der Waals surface area (Å²) in [6, 6.07) is -0.538. The lowest BCUT2D eigenvalue weighted by molar-refractivity contribution is -0.143. The molecule has 0 spiro atoms. The first-order chi connectivity index (χ1) is 33.5. The second kappa shape index (κ2) is 57.7. The Bertz CT molecular complexity index is 1100. The Morgan fingerprint density at radius 1 is 0.412 bits per heavy atom. The normalized spacial score (nSPS) is 12.8. The van der Waals surface area contributed by atoms with Gasteiger partial charge in [0.05, 0.1) is 25.4 Å². The molecule has 400 valence electrons. The van der Waals surface area contributed by atoms with Gasteiger partial charge in [0.25, 0.3) is 0 Å². The molecule has 0 aromatic carbocycles. The molecule has 0 fully saturated rings. The van der Waals surface area contributed by atoms with Gasteiger partial charge in [-0.05, 0) is 77.0 Å². The average Bonchev–Trinajstić information content (AvgIpc) is 3.34. The highest BCUT2D eigenvalue weighted by molar-refractivity contribution is 5.76. The smallest absolute Gasteiger partial charge is 0.305 e. The lowest BCUT2D eigenvalue weighted by Crippen LogP contribution is -2.45. The van der Waals surface area contributed by atoms with Crippen molar-refractivity contribution in [2.45, 2.75) is 334 Å². The molecule has 0 aromatic rings. The van der Waals surface area contributed by atoms with E-state index in [9.17, 15) is 19.8 Å². The molecule has 0 heterocycles. The molecular formula is C62H117NO5. The first-order valence-electron chi connectivity index (χ1n) is 30.2. The summed E-state index contributed by atoms with van der Waals surface area (Å²) in [5, 5.41) is 23.1. The molecule has 6 nitrogen and oxygen atoms in total. The fourth-order valence-corrected chi connectivity index (χ4v) is 9.26. The van der Waals surface area contributed by atoms with E-state index in [0.717, 1.165) is 51.4 Å². The molecule has 6 heteroatoms. The van der Waals surface area contributed by atoms with E-state index in [1.165, 1.54) is 238 Å². The van der Waals surface area contributed by atoms with E-state index in [4.69, 9.17) is 4.74 Å². The van der Waals surface area contributed by atoms with Crippen molar-refractivity contribution in [3.05, 3.63) is 36.5 Å². The minimum atomic E-state index is -0.661. The summed E-state index contributed by atoms with van der Waals surface area (Å²) < 4.78 is 5.47. The van der Waals surface area contributed by atoms with Gasteiger partial charge in [-0.2, -0.15) is 0 Å². The summed E-state index contributed by atoms with van der Waals surface area (Å²) in [7, 11) is 0.